The van der Waals surface area contributed by atoms with E-state index in [1.165, 1.54) is 19.3 Å². The first-order valence-electron chi connectivity index (χ1n) is 6.68. The van der Waals surface area contributed by atoms with Crippen LogP contribution in [0.3, 0.4) is 0 Å². The Morgan fingerprint density at radius 3 is 1.60 bits per heavy atom. The van der Waals surface area contributed by atoms with Gasteiger partial charge in [-0.1, -0.05) is 68.2 Å². The standard InChI is InChI=1S/C15H32/c1-9-14(6,7)11-15(8,10-2)13(5)12(3)4/h12-13H,9-11H2,1-8H3. The monoisotopic (exact) mass is 212 g/mol. The van der Waals surface area contributed by atoms with Crippen molar-refractivity contribution in [1.82, 2.24) is 0 Å². The number of rotatable bonds is 6. The molecule has 0 amide bonds. The second-order valence-corrected chi connectivity index (χ2v) is 6.73. The molecule has 0 spiro atoms. The summed E-state index contributed by atoms with van der Waals surface area (Å²) < 4.78 is 0. The fourth-order valence-electron chi connectivity index (χ4n) is 2.63. The maximum Gasteiger partial charge on any atom is -0.0295 e. The minimum absolute atomic E-state index is 0.494. The van der Waals surface area contributed by atoms with Gasteiger partial charge >= 0.3 is 0 Å². The minimum Gasteiger partial charge on any atom is -0.0649 e. The molecule has 0 radical (unpaired) electrons. The van der Waals surface area contributed by atoms with Crippen LogP contribution in [0.15, 0.2) is 0 Å². The van der Waals surface area contributed by atoms with E-state index >= 15 is 0 Å². The van der Waals surface area contributed by atoms with Crippen molar-refractivity contribution in [3.05, 3.63) is 0 Å². The Bertz CT molecular complexity index is 178. The number of hydrogen-bond donors (Lipinski definition) is 0. The molecule has 15 heavy (non-hydrogen) atoms. The summed E-state index contributed by atoms with van der Waals surface area (Å²) in [6.45, 7) is 19.1. The lowest BCUT2D eigenvalue weighted by molar-refractivity contribution is 0.0752. The van der Waals surface area contributed by atoms with Crippen molar-refractivity contribution in [2.75, 3.05) is 0 Å². The maximum absolute atomic E-state index is 2.48. The van der Waals surface area contributed by atoms with Crippen LogP contribution in [0.4, 0.5) is 0 Å². The van der Waals surface area contributed by atoms with Gasteiger partial charge in [-0.3, -0.25) is 0 Å². The molecule has 0 N–H and O–H groups in total. The van der Waals surface area contributed by atoms with Gasteiger partial charge in [-0.2, -0.15) is 0 Å². The highest BCUT2D eigenvalue weighted by atomic mass is 14.4. The molecule has 0 heteroatoms. The van der Waals surface area contributed by atoms with E-state index in [9.17, 15) is 0 Å². The highest BCUT2D eigenvalue weighted by molar-refractivity contribution is 4.86. The Labute approximate surface area is 97.8 Å². The molecule has 0 bridgehead atoms. The van der Waals surface area contributed by atoms with Crippen molar-refractivity contribution in [3.8, 4) is 0 Å². The average Bonchev–Trinajstić information content (AvgIpc) is 2.15. The van der Waals surface area contributed by atoms with E-state index in [1.807, 2.05) is 0 Å². The molecule has 0 heterocycles. The van der Waals surface area contributed by atoms with Gasteiger partial charge in [0.05, 0.1) is 0 Å². The first-order valence-corrected chi connectivity index (χ1v) is 6.68. The van der Waals surface area contributed by atoms with E-state index in [1.54, 1.807) is 0 Å². The molecule has 2 unspecified atom stereocenters. The molecule has 0 aliphatic rings. The molecule has 0 aliphatic heterocycles. The third kappa shape index (κ3) is 4.17. The van der Waals surface area contributed by atoms with Crippen molar-refractivity contribution >= 4 is 0 Å². The predicted molar refractivity (Wildman–Crippen MR) is 71.1 cm³/mol. The van der Waals surface area contributed by atoms with Gasteiger partial charge in [-0.25, -0.2) is 0 Å². The summed E-state index contributed by atoms with van der Waals surface area (Å²) >= 11 is 0. The summed E-state index contributed by atoms with van der Waals surface area (Å²) in [7, 11) is 0. The van der Waals surface area contributed by atoms with Crippen molar-refractivity contribution < 1.29 is 0 Å². The molecular weight excluding hydrogens is 180 g/mol. The zero-order valence-corrected chi connectivity index (χ0v) is 12.3. The van der Waals surface area contributed by atoms with Crippen LogP contribution in [0, 0.1) is 22.7 Å². The molecule has 0 saturated heterocycles. The first-order chi connectivity index (χ1) is 6.68. The maximum atomic E-state index is 2.48. The zero-order chi connectivity index (χ0) is 12.3. The summed E-state index contributed by atoms with van der Waals surface area (Å²) in [5, 5.41) is 0. The average molecular weight is 212 g/mol. The van der Waals surface area contributed by atoms with Crippen molar-refractivity contribution in [2.45, 2.75) is 74.7 Å². The molecule has 0 nitrogen and oxygen atoms in total. The van der Waals surface area contributed by atoms with Crippen LogP contribution in [0.5, 0.6) is 0 Å². The van der Waals surface area contributed by atoms with Crippen LogP contribution in [-0.2, 0) is 0 Å². The fraction of sp³-hybridized carbons (Fsp3) is 1.00. The predicted octanol–water partition coefficient (Wildman–Crippen LogP) is 5.52. The summed E-state index contributed by atoms with van der Waals surface area (Å²) in [5.41, 5.74) is 1.00. The van der Waals surface area contributed by atoms with Crippen LogP contribution < -0.4 is 0 Å². The van der Waals surface area contributed by atoms with Crippen LogP contribution in [-0.4, -0.2) is 0 Å². The molecule has 0 saturated carbocycles. The first kappa shape index (κ1) is 15.0. The van der Waals surface area contributed by atoms with Crippen LogP contribution >= 0.6 is 0 Å². The van der Waals surface area contributed by atoms with Gasteiger partial charge in [0.25, 0.3) is 0 Å². The van der Waals surface area contributed by atoms with Crippen molar-refractivity contribution in [3.63, 3.8) is 0 Å². The second kappa shape index (κ2) is 5.37. The topological polar surface area (TPSA) is 0 Å². The fourth-order valence-corrected chi connectivity index (χ4v) is 2.63. The molecule has 92 valence electrons. The van der Waals surface area contributed by atoms with E-state index < -0.39 is 0 Å². The van der Waals surface area contributed by atoms with Crippen LogP contribution in [0.1, 0.15) is 74.7 Å². The summed E-state index contributed by atoms with van der Waals surface area (Å²) in [6.07, 6.45) is 3.94. The van der Waals surface area contributed by atoms with Crippen LogP contribution in [0.2, 0.25) is 0 Å². The Kier molecular flexibility index (Phi) is 5.37. The normalized spacial score (nSPS) is 19.0. The molecule has 0 aromatic heterocycles. The molecule has 0 aromatic carbocycles. The van der Waals surface area contributed by atoms with E-state index in [2.05, 4.69) is 55.4 Å². The minimum atomic E-state index is 0.494. The van der Waals surface area contributed by atoms with Crippen LogP contribution in [0.25, 0.3) is 0 Å². The van der Waals surface area contributed by atoms with E-state index in [4.69, 9.17) is 0 Å². The Morgan fingerprint density at radius 1 is 0.867 bits per heavy atom. The lowest BCUT2D eigenvalue weighted by Crippen LogP contribution is -2.33. The Balaban J connectivity index is 4.71. The zero-order valence-electron chi connectivity index (χ0n) is 12.3. The third-order valence-electron chi connectivity index (χ3n) is 4.75. The highest BCUT2D eigenvalue weighted by Crippen LogP contribution is 2.45. The molecule has 0 aliphatic carbocycles. The van der Waals surface area contributed by atoms with Gasteiger partial charge in [0.1, 0.15) is 0 Å². The summed E-state index contributed by atoms with van der Waals surface area (Å²) in [4.78, 5) is 0. The number of hydrogen-bond acceptors (Lipinski definition) is 0. The van der Waals surface area contributed by atoms with Gasteiger partial charge in [-0.05, 0) is 29.1 Å². The van der Waals surface area contributed by atoms with Crippen molar-refractivity contribution in [1.29, 1.82) is 0 Å². The lowest BCUT2D eigenvalue weighted by Gasteiger charge is -2.43. The molecule has 0 fully saturated rings. The highest BCUT2D eigenvalue weighted by Gasteiger charge is 2.35. The van der Waals surface area contributed by atoms with E-state index in [-0.39, 0.29) is 0 Å². The summed E-state index contributed by atoms with van der Waals surface area (Å²) in [5.74, 6) is 1.61. The second-order valence-electron chi connectivity index (χ2n) is 6.73. The molecule has 0 rings (SSSR count). The Morgan fingerprint density at radius 2 is 1.33 bits per heavy atom. The SMILES string of the molecule is CCC(C)(C)CC(C)(CC)C(C)C(C)C. The third-order valence-corrected chi connectivity index (χ3v) is 4.75. The van der Waals surface area contributed by atoms with E-state index in [0.717, 1.165) is 11.8 Å². The van der Waals surface area contributed by atoms with Gasteiger partial charge in [0, 0.05) is 0 Å². The quantitative estimate of drug-likeness (QED) is 0.543. The van der Waals surface area contributed by atoms with Gasteiger partial charge in [0.2, 0.25) is 0 Å². The summed E-state index contributed by atoms with van der Waals surface area (Å²) in [6, 6.07) is 0. The molecule has 2 atom stereocenters. The van der Waals surface area contributed by atoms with Gasteiger partial charge in [-0.15, -0.1) is 0 Å². The van der Waals surface area contributed by atoms with Gasteiger partial charge < -0.3 is 0 Å². The molecule has 0 aromatic rings. The smallest absolute Gasteiger partial charge is 0.0295 e. The van der Waals surface area contributed by atoms with E-state index in [0.29, 0.717) is 10.8 Å². The van der Waals surface area contributed by atoms with Crippen molar-refractivity contribution in [2.24, 2.45) is 22.7 Å². The van der Waals surface area contributed by atoms with Gasteiger partial charge in [0.15, 0.2) is 0 Å². The Hall–Kier alpha value is 0. The lowest BCUT2D eigenvalue weighted by atomic mass is 9.63. The largest absolute Gasteiger partial charge is 0.0649 e. The molecular formula is C15H32.